The fourth-order valence-electron chi connectivity index (χ4n) is 9.75. The molecule has 0 fully saturated rings. The number of carbonyl (C=O) groups is 1. The van der Waals surface area contributed by atoms with Gasteiger partial charge in [0, 0.05) is 18.0 Å². The number of nitrogens with two attached hydrogens (primary N) is 1. The Morgan fingerprint density at radius 3 is 1.49 bits per heavy atom. The molecule has 0 saturated carbocycles. The van der Waals surface area contributed by atoms with Crippen LogP contribution in [0, 0.1) is 23.7 Å². The molecule has 0 aliphatic rings. The first-order valence-electron chi connectivity index (χ1n) is 27.8. The first-order chi connectivity index (χ1) is 37.4. The molecule has 3 N–H and O–H groups in total. The molecule has 6 rings (SSSR count). The number of ether oxygens (including phenoxy) is 3. The van der Waals surface area contributed by atoms with E-state index in [1.807, 2.05) is 37.3 Å². The Balaban J connectivity index is 0.000000284. The molecule has 0 spiro atoms. The van der Waals surface area contributed by atoms with Crippen LogP contribution in [0.3, 0.4) is 0 Å². The molecule has 16 heteroatoms. The van der Waals surface area contributed by atoms with Crippen molar-refractivity contribution in [2.24, 2.45) is 10.9 Å². The minimum atomic E-state index is -2.67. The second-order valence-electron chi connectivity index (χ2n) is 19.4. The van der Waals surface area contributed by atoms with Gasteiger partial charge in [-0.05, 0) is 48.9 Å². The van der Waals surface area contributed by atoms with Crippen LogP contribution in [0.2, 0.25) is 26.6 Å². The Bertz CT molecular complexity index is 2670. The number of primary amides is 1. The number of aryl methyl sites for hydroxylation is 2. The molecule has 0 aliphatic heterocycles. The summed E-state index contributed by atoms with van der Waals surface area (Å²) in [6.45, 7) is 19.9. The van der Waals surface area contributed by atoms with E-state index in [-0.39, 0.29) is 0 Å². The molecule has 77 heavy (non-hydrogen) atoms. The Kier molecular flexibility index (Phi) is 31.3. The third-order valence-corrected chi connectivity index (χ3v) is 43.2. The maximum Gasteiger partial charge on any atom is 0.248 e. The maximum atomic E-state index is 11.2. The van der Waals surface area contributed by atoms with Crippen molar-refractivity contribution in [1.29, 1.82) is 0 Å². The normalized spacial score (nSPS) is 11.0. The monoisotopic (exact) mass is 1270 g/mol. The number of pyridine rings is 3. The predicted molar refractivity (Wildman–Crippen MR) is 319 cm³/mol. The van der Waals surface area contributed by atoms with Gasteiger partial charge in [0.1, 0.15) is 11.5 Å². The molecule has 6 aromatic rings. The average molecular weight is 1270 g/mol. The summed E-state index contributed by atoms with van der Waals surface area (Å²) in [5.41, 5.74) is 11.4. The van der Waals surface area contributed by atoms with E-state index in [2.05, 4.69) is 102 Å². The van der Waals surface area contributed by atoms with E-state index in [4.69, 9.17) is 34.2 Å². The zero-order valence-corrected chi connectivity index (χ0v) is 54.2. The maximum absolute atomic E-state index is 11.2. The van der Waals surface area contributed by atoms with Crippen LogP contribution >= 0.6 is 0 Å². The van der Waals surface area contributed by atoms with Crippen LogP contribution in [-0.2, 0) is 0 Å². The van der Waals surface area contributed by atoms with Crippen LogP contribution in [0.4, 0.5) is 0 Å². The molecule has 1 amide bonds. The molecule has 0 atom stereocenters. The number of aromatic nitrogens is 5. The summed E-state index contributed by atoms with van der Waals surface area (Å²) >= 11 is -4.69. The first-order valence-corrected chi connectivity index (χ1v) is 42.8. The van der Waals surface area contributed by atoms with Gasteiger partial charge in [0.15, 0.2) is 0 Å². The summed E-state index contributed by atoms with van der Waals surface area (Å²) in [5, 5.41) is 19.8. The van der Waals surface area contributed by atoms with E-state index in [1.165, 1.54) is 121 Å². The first kappa shape index (κ1) is 65.9. The SMILES string of the molecule is CC#[C][Sn]([CH2]CCC)([CH2]CCC)[CH2]CCC.CCC[CH2][Sn]([CH2]CCC)([CH2]CCC)[c]1c(-c2cccnc2OC)noc1C.COc1ncccc1-c1noc(C)c1-c1ccc(C(N)=O)cc1.COc1ncccc1/C=N/O. The summed E-state index contributed by atoms with van der Waals surface area (Å²) in [6, 6.07) is 18.2. The Hall–Kier alpha value is -5.41. The Morgan fingerprint density at radius 1 is 0.623 bits per heavy atom. The number of nitrogens with zero attached hydrogens (tertiary/aromatic N) is 6. The van der Waals surface area contributed by atoms with Crippen LogP contribution in [-0.4, -0.2) is 101 Å². The quantitative estimate of drug-likeness (QED) is 0.0163. The van der Waals surface area contributed by atoms with Gasteiger partial charge in [0.2, 0.25) is 17.7 Å². The van der Waals surface area contributed by atoms with Crippen LogP contribution in [0.1, 0.15) is 153 Å². The standard InChI is InChI=1S/C17H15N3O3.C10H9N2O2.C7H8N2O2.6C4H9.C3H3.2Sn/c1-10-14(11-5-7-12(8-6-11)16(18)21)15(20-23-10)13-4-3-9-19-17(13)22-2;1-7-6-9(12-14-7)8-4-3-5-11-10(8)13-2;1-11-7-6(5-9-10)3-2-4-8-7;6*1-3-4-2;1-3-2;;/h3-9H,1-2H3,(H2,18,21);3-5H,1-2H3;2-5,10H,1H3;6*1,3-4H2,2H3;1H3;;/b;;9-5+;;;;;;;;;. The Morgan fingerprint density at radius 2 is 1.05 bits per heavy atom. The van der Waals surface area contributed by atoms with Crippen molar-refractivity contribution < 1.29 is 33.3 Å². The number of hydrogen-bond donors (Lipinski definition) is 2. The number of carbonyl (C=O) groups excluding carboxylic acids is 1. The van der Waals surface area contributed by atoms with Crippen molar-refractivity contribution in [3.05, 3.63) is 102 Å². The van der Waals surface area contributed by atoms with Gasteiger partial charge < -0.3 is 24.9 Å². The molecule has 0 aliphatic carbocycles. The van der Waals surface area contributed by atoms with Crippen molar-refractivity contribution in [2.45, 2.75) is 166 Å². The molecule has 0 unspecified atom stereocenters. The number of rotatable bonds is 27. The van der Waals surface area contributed by atoms with Crippen LogP contribution < -0.4 is 23.5 Å². The minimum Gasteiger partial charge on any atom is -0.481 e. The molecule has 1 aromatic carbocycles. The molecule has 0 bridgehead atoms. The number of oxime groups is 1. The molecule has 0 radical (unpaired) electrons. The van der Waals surface area contributed by atoms with Gasteiger partial charge in [0.05, 0.1) is 37.1 Å². The van der Waals surface area contributed by atoms with Gasteiger partial charge in [-0.1, -0.05) is 22.4 Å². The van der Waals surface area contributed by atoms with Crippen molar-refractivity contribution in [1.82, 2.24) is 25.3 Å². The number of unbranched alkanes of at least 4 members (excludes halogenated alkanes) is 6. The van der Waals surface area contributed by atoms with Crippen LogP contribution in [0.5, 0.6) is 17.6 Å². The van der Waals surface area contributed by atoms with Gasteiger partial charge in [-0.3, -0.25) is 4.79 Å². The zero-order chi connectivity index (χ0) is 56.5. The van der Waals surface area contributed by atoms with Crippen LogP contribution in [0.25, 0.3) is 33.6 Å². The van der Waals surface area contributed by atoms with Gasteiger partial charge in [-0.15, -0.1) is 0 Å². The molecular formula is C61H89N7O7Sn2. The van der Waals surface area contributed by atoms with Crippen molar-refractivity contribution in [2.75, 3.05) is 21.3 Å². The topological polar surface area (TPSA) is 194 Å². The van der Waals surface area contributed by atoms with E-state index >= 15 is 0 Å². The van der Waals surface area contributed by atoms with Crippen molar-refractivity contribution in [3.63, 3.8) is 0 Å². The van der Waals surface area contributed by atoms with Gasteiger partial charge in [-0.2, -0.15) is 0 Å². The molecule has 418 valence electrons. The largest absolute Gasteiger partial charge is 0.481 e. The predicted octanol–water partition coefficient (Wildman–Crippen LogP) is 15.2. The summed E-state index contributed by atoms with van der Waals surface area (Å²) in [6.07, 6.45) is 22.4. The van der Waals surface area contributed by atoms with E-state index in [9.17, 15) is 4.79 Å². The third kappa shape index (κ3) is 20.1. The van der Waals surface area contributed by atoms with Gasteiger partial charge >= 0.3 is 277 Å². The fraction of sp³-hybridized carbons (Fsp3) is 0.492. The minimum absolute atomic E-state index is 0.448. The van der Waals surface area contributed by atoms with Crippen molar-refractivity contribution in [3.8, 4) is 61.1 Å². The molecular weight excluding hydrogens is 1180 g/mol. The molecule has 5 heterocycles. The molecule has 5 aromatic heterocycles. The number of benzene rings is 1. The van der Waals surface area contributed by atoms with E-state index in [0.29, 0.717) is 40.2 Å². The second kappa shape index (κ2) is 36.6. The third-order valence-electron chi connectivity index (χ3n) is 13.8. The van der Waals surface area contributed by atoms with E-state index in [1.54, 1.807) is 57.1 Å². The van der Waals surface area contributed by atoms with Gasteiger partial charge in [-0.25, -0.2) is 9.97 Å². The van der Waals surface area contributed by atoms with E-state index in [0.717, 1.165) is 33.7 Å². The smallest absolute Gasteiger partial charge is 0.248 e. The van der Waals surface area contributed by atoms with Crippen LogP contribution in [0.15, 0.2) is 93.5 Å². The Labute approximate surface area is 468 Å². The molecule has 14 nitrogen and oxygen atoms in total. The summed E-state index contributed by atoms with van der Waals surface area (Å²) in [5.74, 6) is 6.08. The fourth-order valence-corrected chi connectivity index (χ4v) is 40.6. The average Bonchev–Trinajstić information content (AvgIpc) is 4.08. The summed E-state index contributed by atoms with van der Waals surface area (Å²) in [7, 11) is 4.75. The second-order valence-corrected chi connectivity index (χ2v) is 44.7. The summed E-state index contributed by atoms with van der Waals surface area (Å²) in [4.78, 5) is 23.7. The summed E-state index contributed by atoms with van der Waals surface area (Å²) < 4.78 is 40.9. The number of methoxy groups -OCH3 is 3. The molecule has 0 saturated heterocycles. The zero-order valence-electron chi connectivity index (χ0n) is 48.5. The number of amides is 1. The van der Waals surface area contributed by atoms with Gasteiger partial charge in [0.25, 0.3) is 0 Å². The van der Waals surface area contributed by atoms with Crippen molar-refractivity contribution >= 4 is 52.5 Å². The number of hydrogen-bond acceptors (Lipinski definition) is 13. The van der Waals surface area contributed by atoms with E-state index < -0.39 is 42.7 Å².